The zero-order valence-corrected chi connectivity index (χ0v) is 14.1. The number of nitrogens with zero attached hydrogens (tertiary/aromatic N) is 1. The molecular weight excluding hydrogens is 336 g/mol. The van der Waals surface area contributed by atoms with Crippen LogP contribution in [0.4, 0.5) is 5.69 Å². The molecule has 0 fully saturated rings. The third-order valence-corrected chi connectivity index (χ3v) is 4.00. The fourth-order valence-electron chi connectivity index (χ4n) is 2.73. The van der Waals surface area contributed by atoms with Gasteiger partial charge in [-0.25, -0.2) is 0 Å². The van der Waals surface area contributed by atoms with Crippen molar-refractivity contribution >= 4 is 23.5 Å². The average molecular weight is 354 g/mol. The maximum atomic E-state index is 13.0. The van der Waals surface area contributed by atoms with Crippen LogP contribution in [0.2, 0.25) is 0 Å². The number of carboxylic acids is 1. The molecule has 2 amide bonds. The van der Waals surface area contributed by atoms with Crippen LogP contribution in [-0.2, 0) is 16.1 Å². The number of nitrogens with one attached hydrogen (secondary N) is 1. The molecule has 0 spiro atoms. The van der Waals surface area contributed by atoms with E-state index in [-0.39, 0.29) is 23.8 Å². The topological polar surface area (TPSA) is 95.9 Å². The van der Waals surface area contributed by atoms with Crippen LogP contribution in [0.5, 0.6) is 5.75 Å². The molecule has 7 heteroatoms. The van der Waals surface area contributed by atoms with Gasteiger partial charge in [-0.2, -0.15) is 0 Å². The molecule has 0 bridgehead atoms. The maximum absolute atomic E-state index is 13.0. The molecule has 0 aliphatic carbocycles. The van der Waals surface area contributed by atoms with Gasteiger partial charge in [-0.1, -0.05) is 36.4 Å². The number of amides is 2. The van der Waals surface area contributed by atoms with Crippen molar-refractivity contribution in [1.82, 2.24) is 4.90 Å². The number of rotatable bonds is 5. The lowest BCUT2D eigenvalue weighted by molar-refractivity contribution is -0.137. The lowest BCUT2D eigenvalue weighted by atomic mass is 10.1. The molecule has 1 atom stereocenters. The number of benzene rings is 2. The van der Waals surface area contributed by atoms with E-state index in [9.17, 15) is 19.5 Å². The van der Waals surface area contributed by atoms with Crippen LogP contribution in [0.25, 0.3) is 0 Å². The molecule has 0 aromatic heterocycles. The van der Waals surface area contributed by atoms with E-state index in [0.29, 0.717) is 5.69 Å². The molecule has 2 aromatic rings. The highest BCUT2D eigenvalue weighted by Crippen LogP contribution is 2.34. The van der Waals surface area contributed by atoms with E-state index >= 15 is 0 Å². The lowest BCUT2D eigenvalue weighted by Crippen LogP contribution is -2.38. The molecule has 7 nitrogen and oxygen atoms in total. The Morgan fingerprint density at radius 1 is 1.15 bits per heavy atom. The maximum Gasteiger partial charge on any atom is 0.323 e. The molecule has 1 aliphatic heterocycles. The molecule has 0 saturated heterocycles. The van der Waals surface area contributed by atoms with Gasteiger partial charge in [0.1, 0.15) is 6.54 Å². The molecule has 2 aromatic carbocycles. The monoisotopic (exact) mass is 354 g/mol. The van der Waals surface area contributed by atoms with Crippen LogP contribution in [0.3, 0.4) is 0 Å². The number of ether oxygens (including phenoxy) is 1. The first-order valence-corrected chi connectivity index (χ1v) is 8.11. The number of aliphatic carboxylic acids is 1. The second kappa shape index (κ2) is 7.26. The van der Waals surface area contributed by atoms with Crippen molar-refractivity contribution in [2.45, 2.75) is 19.6 Å². The Bertz CT molecular complexity index is 850. The summed E-state index contributed by atoms with van der Waals surface area (Å²) in [5, 5.41) is 11.9. The number of fused-ring (bicyclic) bond motifs is 1. The highest BCUT2D eigenvalue weighted by molar-refractivity contribution is 6.04. The van der Waals surface area contributed by atoms with Crippen molar-refractivity contribution in [2.75, 3.05) is 11.9 Å². The van der Waals surface area contributed by atoms with E-state index in [2.05, 4.69) is 5.32 Å². The van der Waals surface area contributed by atoms with Crippen LogP contribution in [0.1, 0.15) is 22.8 Å². The number of hydrogen-bond donors (Lipinski definition) is 2. The van der Waals surface area contributed by atoms with Gasteiger partial charge in [0.2, 0.25) is 0 Å². The second-order valence-electron chi connectivity index (χ2n) is 5.97. The van der Waals surface area contributed by atoms with Crippen molar-refractivity contribution in [3.8, 4) is 5.75 Å². The normalized spacial score (nSPS) is 15.4. The molecule has 1 aliphatic rings. The van der Waals surface area contributed by atoms with E-state index < -0.39 is 24.5 Å². The summed E-state index contributed by atoms with van der Waals surface area (Å²) in [5.74, 6) is -1.63. The van der Waals surface area contributed by atoms with Gasteiger partial charge >= 0.3 is 5.97 Å². The van der Waals surface area contributed by atoms with Crippen molar-refractivity contribution in [2.24, 2.45) is 0 Å². The van der Waals surface area contributed by atoms with Gasteiger partial charge in [0.25, 0.3) is 11.8 Å². The standard InChI is InChI=1S/C19H18N2O5/c1-12-18(24)20-15-9-5-8-14(17(15)26-12)19(25)21(11-16(22)23)10-13-6-3-2-4-7-13/h2-9,12H,10-11H2,1H3,(H,20,24)(H,22,23). The Kier molecular flexibility index (Phi) is 4.88. The summed E-state index contributed by atoms with van der Waals surface area (Å²) in [4.78, 5) is 37.2. The second-order valence-corrected chi connectivity index (χ2v) is 5.97. The molecule has 1 heterocycles. The van der Waals surface area contributed by atoms with E-state index in [1.165, 1.54) is 4.90 Å². The highest BCUT2D eigenvalue weighted by atomic mass is 16.5. The minimum atomic E-state index is -1.11. The van der Waals surface area contributed by atoms with E-state index in [1.807, 2.05) is 30.3 Å². The summed E-state index contributed by atoms with van der Waals surface area (Å²) in [6.07, 6.45) is -0.738. The van der Waals surface area contributed by atoms with Crippen molar-refractivity contribution in [3.05, 3.63) is 59.7 Å². The number of carboxylic acid groups (broad SMARTS) is 1. The fraction of sp³-hybridized carbons (Fsp3) is 0.211. The third-order valence-electron chi connectivity index (χ3n) is 4.00. The Morgan fingerprint density at radius 3 is 2.58 bits per heavy atom. The fourth-order valence-corrected chi connectivity index (χ4v) is 2.73. The Hall–Kier alpha value is -3.35. The Balaban J connectivity index is 1.93. The first-order chi connectivity index (χ1) is 12.5. The predicted octanol–water partition coefficient (Wildman–Crippen LogP) is 2.13. The van der Waals surface area contributed by atoms with Crippen LogP contribution >= 0.6 is 0 Å². The predicted molar refractivity (Wildman–Crippen MR) is 94.0 cm³/mol. The molecule has 0 saturated carbocycles. The minimum absolute atomic E-state index is 0.150. The molecule has 26 heavy (non-hydrogen) atoms. The zero-order chi connectivity index (χ0) is 18.7. The van der Waals surface area contributed by atoms with Gasteiger partial charge in [-0.15, -0.1) is 0 Å². The quantitative estimate of drug-likeness (QED) is 0.858. The Labute approximate surface area is 150 Å². The van der Waals surface area contributed by atoms with Gasteiger partial charge in [0, 0.05) is 6.54 Å². The molecule has 3 rings (SSSR count). The number of carbonyl (C=O) groups excluding carboxylic acids is 2. The average Bonchev–Trinajstić information content (AvgIpc) is 2.61. The van der Waals surface area contributed by atoms with Crippen LogP contribution in [-0.4, -0.2) is 40.4 Å². The van der Waals surface area contributed by atoms with Crippen molar-refractivity contribution in [1.29, 1.82) is 0 Å². The van der Waals surface area contributed by atoms with Gasteiger partial charge in [0.05, 0.1) is 11.3 Å². The summed E-state index contributed by atoms with van der Waals surface area (Å²) in [6, 6.07) is 13.9. The molecule has 0 radical (unpaired) electrons. The summed E-state index contributed by atoms with van der Waals surface area (Å²) in [7, 11) is 0. The molecule has 134 valence electrons. The smallest absolute Gasteiger partial charge is 0.323 e. The first-order valence-electron chi connectivity index (χ1n) is 8.11. The van der Waals surface area contributed by atoms with E-state index in [0.717, 1.165) is 5.56 Å². The number of anilines is 1. The number of para-hydroxylation sites is 1. The number of hydrogen-bond acceptors (Lipinski definition) is 4. The summed E-state index contributed by atoms with van der Waals surface area (Å²) >= 11 is 0. The van der Waals surface area contributed by atoms with Crippen molar-refractivity contribution in [3.63, 3.8) is 0 Å². The molecule has 2 N–H and O–H groups in total. The summed E-state index contributed by atoms with van der Waals surface area (Å²) in [6.45, 7) is 1.29. The summed E-state index contributed by atoms with van der Waals surface area (Å²) in [5.41, 5.74) is 1.43. The van der Waals surface area contributed by atoms with E-state index in [4.69, 9.17) is 4.74 Å². The van der Waals surface area contributed by atoms with Crippen LogP contribution in [0.15, 0.2) is 48.5 Å². The van der Waals surface area contributed by atoms with E-state index in [1.54, 1.807) is 25.1 Å². The van der Waals surface area contributed by atoms with Gasteiger partial charge in [-0.3, -0.25) is 14.4 Å². The van der Waals surface area contributed by atoms with Gasteiger partial charge in [-0.05, 0) is 24.6 Å². The minimum Gasteiger partial charge on any atom is -0.480 e. The Morgan fingerprint density at radius 2 is 1.88 bits per heavy atom. The largest absolute Gasteiger partial charge is 0.480 e. The van der Waals surface area contributed by atoms with Crippen LogP contribution < -0.4 is 10.1 Å². The summed E-state index contributed by atoms with van der Waals surface area (Å²) < 4.78 is 5.59. The van der Waals surface area contributed by atoms with Crippen LogP contribution in [0, 0.1) is 0 Å². The molecule has 1 unspecified atom stereocenters. The highest BCUT2D eigenvalue weighted by Gasteiger charge is 2.30. The van der Waals surface area contributed by atoms with Crippen molar-refractivity contribution < 1.29 is 24.2 Å². The number of carbonyl (C=O) groups is 3. The van der Waals surface area contributed by atoms with Gasteiger partial charge in [0.15, 0.2) is 11.9 Å². The lowest BCUT2D eigenvalue weighted by Gasteiger charge is -2.27. The van der Waals surface area contributed by atoms with Gasteiger partial charge < -0.3 is 20.1 Å². The molecular formula is C19H18N2O5. The first kappa shape index (κ1) is 17.5. The SMILES string of the molecule is CC1Oc2c(cccc2C(=O)N(CC(=O)O)Cc2ccccc2)NC1=O. The third kappa shape index (κ3) is 3.66. The zero-order valence-electron chi connectivity index (χ0n) is 14.1.